The quantitative estimate of drug-likeness (QED) is 0.689. The van der Waals surface area contributed by atoms with E-state index in [0.29, 0.717) is 6.10 Å². The van der Waals surface area contributed by atoms with Crippen LogP contribution in [0.3, 0.4) is 0 Å². The molecule has 0 bridgehead atoms. The van der Waals surface area contributed by atoms with Crippen molar-refractivity contribution in [3.05, 3.63) is 35.4 Å². The number of hydrogen-bond acceptors (Lipinski definition) is 1. The van der Waals surface area contributed by atoms with E-state index in [1.165, 1.54) is 11.1 Å². The van der Waals surface area contributed by atoms with Gasteiger partial charge in [-0.15, -0.1) is 0 Å². The minimum absolute atomic E-state index is 0.312. The molecule has 0 saturated carbocycles. The number of aryl methyl sites for hydroxylation is 1. The molecule has 0 radical (unpaired) electrons. The van der Waals surface area contributed by atoms with Gasteiger partial charge >= 0.3 is 0 Å². The van der Waals surface area contributed by atoms with Gasteiger partial charge in [-0.2, -0.15) is 0 Å². The van der Waals surface area contributed by atoms with E-state index < -0.39 is 0 Å². The van der Waals surface area contributed by atoms with Gasteiger partial charge in [0.05, 0.1) is 6.10 Å². The van der Waals surface area contributed by atoms with E-state index >= 15 is 0 Å². The summed E-state index contributed by atoms with van der Waals surface area (Å²) < 4.78 is 5.23. The number of hydrogen-bond donors (Lipinski definition) is 0. The van der Waals surface area contributed by atoms with Crippen molar-refractivity contribution in [3.63, 3.8) is 0 Å². The number of benzene rings is 1. The van der Waals surface area contributed by atoms with Crippen molar-refractivity contribution in [2.75, 3.05) is 7.11 Å². The second-order valence-electron chi connectivity index (χ2n) is 3.42. The highest BCUT2D eigenvalue weighted by molar-refractivity contribution is 5.23. The SMILES string of the molecule is CCc1cccc(CC(C)OC)c1. The summed E-state index contributed by atoms with van der Waals surface area (Å²) in [6.07, 6.45) is 2.42. The average molecular weight is 178 g/mol. The molecule has 13 heavy (non-hydrogen) atoms. The van der Waals surface area contributed by atoms with Crippen LogP contribution in [-0.2, 0) is 17.6 Å². The summed E-state index contributed by atoms with van der Waals surface area (Å²) in [6.45, 7) is 4.28. The first-order valence-electron chi connectivity index (χ1n) is 4.87. The van der Waals surface area contributed by atoms with Crippen molar-refractivity contribution < 1.29 is 4.74 Å². The standard InChI is InChI=1S/C12H18O/c1-4-11-6-5-7-12(9-11)8-10(2)13-3/h5-7,9-10H,4,8H2,1-3H3. The molecule has 0 fully saturated rings. The molecule has 1 aromatic carbocycles. The van der Waals surface area contributed by atoms with E-state index in [1.807, 2.05) is 0 Å². The molecule has 0 aliphatic heterocycles. The molecule has 0 aliphatic rings. The van der Waals surface area contributed by atoms with Crippen molar-refractivity contribution >= 4 is 0 Å². The van der Waals surface area contributed by atoms with E-state index in [2.05, 4.69) is 38.1 Å². The Kier molecular flexibility index (Phi) is 3.97. The van der Waals surface area contributed by atoms with E-state index in [-0.39, 0.29) is 0 Å². The maximum atomic E-state index is 5.23. The lowest BCUT2D eigenvalue weighted by atomic mass is 10.0. The third-order valence-electron chi connectivity index (χ3n) is 2.33. The number of rotatable bonds is 4. The maximum absolute atomic E-state index is 5.23. The summed E-state index contributed by atoms with van der Waals surface area (Å²) in [5.74, 6) is 0. The molecule has 0 spiro atoms. The third kappa shape index (κ3) is 3.19. The summed E-state index contributed by atoms with van der Waals surface area (Å²) in [7, 11) is 1.76. The van der Waals surface area contributed by atoms with Crippen molar-refractivity contribution in [2.24, 2.45) is 0 Å². The van der Waals surface area contributed by atoms with Crippen LogP contribution < -0.4 is 0 Å². The fourth-order valence-electron chi connectivity index (χ4n) is 1.39. The van der Waals surface area contributed by atoms with Crippen LogP contribution >= 0.6 is 0 Å². The topological polar surface area (TPSA) is 9.23 Å². The van der Waals surface area contributed by atoms with Crippen LogP contribution in [0.15, 0.2) is 24.3 Å². The summed E-state index contributed by atoms with van der Waals surface area (Å²) >= 11 is 0. The first-order valence-corrected chi connectivity index (χ1v) is 4.87. The Bertz CT molecular complexity index is 255. The molecule has 0 saturated heterocycles. The zero-order valence-corrected chi connectivity index (χ0v) is 8.71. The van der Waals surface area contributed by atoms with Crippen LogP contribution in [0.1, 0.15) is 25.0 Å². The number of methoxy groups -OCH3 is 1. The van der Waals surface area contributed by atoms with Gasteiger partial charge in [-0.3, -0.25) is 0 Å². The van der Waals surface area contributed by atoms with E-state index in [0.717, 1.165) is 12.8 Å². The molecule has 72 valence electrons. The molecule has 1 nitrogen and oxygen atoms in total. The maximum Gasteiger partial charge on any atom is 0.0583 e. The Labute approximate surface area is 80.7 Å². The molecule has 1 atom stereocenters. The largest absolute Gasteiger partial charge is 0.381 e. The molecular weight excluding hydrogens is 160 g/mol. The Morgan fingerprint density at radius 1 is 1.31 bits per heavy atom. The minimum atomic E-state index is 0.312. The van der Waals surface area contributed by atoms with Crippen molar-refractivity contribution in [2.45, 2.75) is 32.8 Å². The van der Waals surface area contributed by atoms with Gasteiger partial charge in [0.1, 0.15) is 0 Å². The average Bonchev–Trinajstić information content (AvgIpc) is 2.18. The molecule has 0 amide bonds. The molecule has 0 heterocycles. The van der Waals surface area contributed by atoms with Gasteiger partial charge in [0.15, 0.2) is 0 Å². The lowest BCUT2D eigenvalue weighted by Gasteiger charge is -2.09. The Balaban J connectivity index is 2.66. The Morgan fingerprint density at radius 2 is 2.00 bits per heavy atom. The molecule has 0 aliphatic carbocycles. The first-order chi connectivity index (χ1) is 6.26. The van der Waals surface area contributed by atoms with Gasteiger partial charge in [-0.25, -0.2) is 0 Å². The monoisotopic (exact) mass is 178 g/mol. The fourth-order valence-corrected chi connectivity index (χ4v) is 1.39. The summed E-state index contributed by atoms with van der Waals surface area (Å²) in [5, 5.41) is 0. The molecule has 1 aromatic rings. The van der Waals surface area contributed by atoms with Crippen molar-refractivity contribution in [1.29, 1.82) is 0 Å². The Morgan fingerprint density at radius 3 is 2.62 bits per heavy atom. The predicted molar refractivity (Wildman–Crippen MR) is 56.0 cm³/mol. The van der Waals surface area contributed by atoms with E-state index in [9.17, 15) is 0 Å². The van der Waals surface area contributed by atoms with E-state index in [4.69, 9.17) is 4.74 Å². The zero-order valence-electron chi connectivity index (χ0n) is 8.71. The van der Waals surface area contributed by atoms with Crippen LogP contribution in [0.4, 0.5) is 0 Å². The van der Waals surface area contributed by atoms with Crippen LogP contribution in [0, 0.1) is 0 Å². The van der Waals surface area contributed by atoms with E-state index in [1.54, 1.807) is 7.11 Å². The van der Waals surface area contributed by atoms with Gasteiger partial charge in [0.25, 0.3) is 0 Å². The summed E-state index contributed by atoms with van der Waals surface area (Å²) in [4.78, 5) is 0. The molecule has 1 unspecified atom stereocenters. The van der Waals surface area contributed by atoms with Crippen LogP contribution in [0.2, 0.25) is 0 Å². The Hall–Kier alpha value is -0.820. The summed E-state index contributed by atoms with van der Waals surface area (Å²) in [5.41, 5.74) is 2.77. The van der Waals surface area contributed by atoms with Gasteiger partial charge in [-0.05, 0) is 30.9 Å². The molecule has 0 aromatic heterocycles. The van der Waals surface area contributed by atoms with Crippen molar-refractivity contribution in [1.82, 2.24) is 0 Å². The highest BCUT2D eigenvalue weighted by Gasteiger charge is 2.01. The fraction of sp³-hybridized carbons (Fsp3) is 0.500. The molecule has 1 rings (SSSR count). The molecule has 0 N–H and O–H groups in total. The predicted octanol–water partition coefficient (Wildman–Crippen LogP) is 2.83. The van der Waals surface area contributed by atoms with Crippen LogP contribution in [-0.4, -0.2) is 13.2 Å². The number of ether oxygens (including phenoxy) is 1. The lowest BCUT2D eigenvalue weighted by molar-refractivity contribution is 0.119. The van der Waals surface area contributed by atoms with Gasteiger partial charge in [0.2, 0.25) is 0 Å². The van der Waals surface area contributed by atoms with Gasteiger partial charge in [0, 0.05) is 7.11 Å². The third-order valence-corrected chi connectivity index (χ3v) is 2.33. The minimum Gasteiger partial charge on any atom is -0.381 e. The van der Waals surface area contributed by atoms with Crippen LogP contribution in [0.25, 0.3) is 0 Å². The smallest absolute Gasteiger partial charge is 0.0583 e. The molecule has 1 heteroatoms. The normalized spacial score (nSPS) is 12.8. The van der Waals surface area contributed by atoms with Gasteiger partial charge < -0.3 is 4.74 Å². The summed E-state index contributed by atoms with van der Waals surface area (Å²) in [6, 6.07) is 8.71. The van der Waals surface area contributed by atoms with Crippen LogP contribution in [0.5, 0.6) is 0 Å². The first kappa shape index (κ1) is 10.3. The molecular formula is C12H18O. The zero-order chi connectivity index (χ0) is 9.68. The lowest BCUT2D eigenvalue weighted by Crippen LogP contribution is -2.08. The van der Waals surface area contributed by atoms with Crippen molar-refractivity contribution in [3.8, 4) is 0 Å². The highest BCUT2D eigenvalue weighted by Crippen LogP contribution is 2.09. The second-order valence-corrected chi connectivity index (χ2v) is 3.42. The second kappa shape index (κ2) is 5.03. The van der Waals surface area contributed by atoms with Gasteiger partial charge in [-0.1, -0.05) is 31.2 Å². The highest BCUT2D eigenvalue weighted by atomic mass is 16.5.